The lowest BCUT2D eigenvalue weighted by Gasteiger charge is -2.44. The third-order valence-corrected chi connectivity index (χ3v) is 6.04. The van der Waals surface area contributed by atoms with Gasteiger partial charge >= 0.3 is 0 Å². The van der Waals surface area contributed by atoms with E-state index in [4.69, 9.17) is 11.6 Å². The highest BCUT2D eigenvalue weighted by atomic mass is 35.5. The number of carbonyl (C=O) groups is 2. The Morgan fingerprint density at radius 3 is 2.00 bits per heavy atom. The number of hydrogen-bond acceptors (Lipinski definition) is 3. The van der Waals surface area contributed by atoms with Crippen LogP contribution >= 0.6 is 11.6 Å². The average molecular weight is 401 g/mol. The van der Waals surface area contributed by atoms with Crippen molar-refractivity contribution in [1.82, 2.24) is 5.01 Å². The Morgan fingerprint density at radius 1 is 0.793 bits per heavy atom. The number of imide groups is 1. The number of hydrazone groups is 1. The topological polar surface area (TPSA) is 49.7 Å². The molecule has 0 radical (unpaired) electrons. The van der Waals surface area contributed by atoms with E-state index in [-0.39, 0.29) is 11.8 Å². The van der Waals surface area contributed by atoms with Gasteiger partial charge in [-0.15, -0.1) is 0 Å². The monoisotopic (exact) mass is 400 g/mol. The fourth-order valence-electron chi connectivity index (χ4n) is 4.28. The van der Waals surface area contributed by atoms with Crippen LogP contribution < -0.4 is 0 Å². The first-order valence-corrected chi connectivity index (χ1v) is 9.86. The van der Waals surface area contributed by atoms with Crippen LogP contribution in [0.15, 0.2) is 84.0 Å². The molecule has 2 amide bonds. The Labute approximate surface area is 173 Å². The summed E-state index contributed by atoms with van der Waals surface area (Å²) in [5, 5.41) is 6.26. The zero-order valence-corrected chi connectivity index (χ0v) is 16.3. The maximum atomic E-state index is 12.8. The minimum absolute atomic E-state index is 0.377. The van der Waals surface area contributed by atoms with Gasteiger partial charge < -0.3 is 0 Å². The minimum Gasteiger partial charge on any atom is -0.267 e. The summed E-state index contributed by atoms with van der Waals surface area (Å²) in [7, 11) is 0. The van der Waals surface area contributed by atoms with Gasteiger partial charge in [0.15, 0.2) is 0 Å². The van der Waals surface area contributed by atoms with Crippen LogP contribution in [0, 0.1) is 0 Å². The largest absolute Gasteiger partial charge is 0.282 e. The Bertz CT molecular complexity index is 1140. The quantitative estimate of drug-likeness (QED) is 0.576. The highest BCUT2D eigenvalue weighted by Gasteiger charge is 2.48. The van der Waals surface area contributed by atoms with Crippen molar-refractivity contribution < 1.29 is 9.59 Å². The zero-order chi connectivity index (χ0) is 20.0. The van der Waals surface area contributed by atoms with Crippen LogP contribution in [-0.4, -0.2) is 22.5 Å². The molecule has 1 fully saturated rings. The molecule has 0 bridgehead atoms. The lowest BCUT2D eigenvalue weighted by molar-refractivity contribution is 0.0656. The number of carbonyl (C=O) groups excluding carboxylic acids is 2. The van der Waals surface area contributed by atoms with E-state index in [1.54, 1.807) is 24.3 Å². The van der Waals surface area contributed by atoms with Gasteiger partial charge in [-0.2, -0.15) is 10.1 Å². The number of hydrogen-bond donors (Lipinski definition) is 0. The summed E-state index contributed by atoms with van der Waals surface area (Å²) in [5.74, 6) is -0.754. The molecular formula is C24H17ClN2O2. The van der Waals surface area contributed by atoms with Gasteiger partial charge in [0.2, 0.25) is 0 Å². The van der Waals surface area contributed by atoms with Crippen molar-refractivity contribution in [3.63, 3.8) is 0 Å². The molecule has 29 heavy (non-hydrogen) atoms. The van der Waals surface area contributed by atoms with E-state index in [1.807, 2.05) is 42.5 Å². The summed E-state index contributed by atoms with van der Waals surface area (Å²) in [6, 6.07) is 24.6. The predicted octanol–water partition coefficient (Wildman–Crippen LogP) is 5.07. The third kappa shape index (κ3) is 2.64. The van der Waals surface area contributed by atoms with Gasteiger partial charge in [-0.25, -0.2) is 0 Å². The van der Waals surface area contributed by atoms with Crippen molar-refractivity contribution in [2.24, 2.45) is 5.10 Å². The van der Waals surface area contributed by atoms with E-state index in [1.165, 1.54) is 0 Å². The molecule has 1 heterocycles. The molecule has 1 atom stereocenters. The fraction of sp³-hybridized carbons (Fsp3) is 0.125. The summed E-state index contributed by atoms with van der Waals surface area (Å²) >= 11 is 6.29. The minimum atomic E-state index is -0.499. The molecular weight excluding hydrogens is 384 g/mol. The first-order chi connectivity index (χ1) is 14.1. The summed E-state index contributed by atoms with van der Waals surface area (Å²) < 4.78 is 0. The molecule has 0 aromatic heterocycles. The fourth-order valence-corrected chi connectivity index (χ4v) is 4.47. The lowest BCUT2D eigenvalue weighted by Crippen LogP contribution is -2.47. The summed E-state index contributed by atoms with van der Waals surface area (Å²) in [5.41, 5.74) is 3.17. The Morgan fingerprint density at radius 2 is 1.41 bits per heavy atom. The SMILES string of the molecule is O=C1c2ccccc2C(=O)N1/N=C1\CCC1(c1ccccc1)c1cccc(Cl)c1. The van der Waals surface area contributed by atoms with Crippen LogP contribution in [0.1, 0.15) is 44.7 Å². The predicted molar refractivity (Wildman–Crippen MR) is 112 cm³/mol. The number of rotatable bonds is 3. The molecule has 5 rings (SSSR count). The second-order valence-corrected chi connectivity index (χ2v) is 7.73. The van der Waals surface area contributed by atoms with Gasteiger partial charge in [-0.05, 0) is 48.2 Å². The van der Waals surface area contributed by atoms with E-state index >= 15 is 0 Å². The molecule has 0 spiro atoms. The van der Waals surface area contributed by atoms with Gasteiger partial charge in [0.1, 0.15) is 0 Å². The number of benzene rings is 3. The highest BCUT2D eigenvalue weighted by molar-refractivity contribution is 6.30. The maximum absolute atomic E-state index is 12.8. The van der Waals surface area contributed by atoms with Crippen molar-refractivity contribution in [2.75, 3.05) is 0 Å². The van der Waals surface area contributed by atoms with Crippen LogP contribution in [0.2, 0.25) is 5.02 Å². The summed E-state index contributed by atoms with van der Waals surface area (Å²) in [6.45, 7) is 0. The molecule has 3 aromatic carbocycles. The van der Waals surface area contributed by atoms with Crippen LogP contribution in [0.5, 0.6) is 0 Å². The van der Waals surface area contributed by atoms with E-state index in [2.05, 4.69) is 17.2 Å². The molecule has 0 saturated heterocycles. The van der Waals surface area contributed by atoms with Gasteiger partial charge in [-0.1, -0.05) is 66.2 Å². The molecule has 2 aliphatic rings. The van der Waals surface area contributed by atoms with Crippen molar-refractivity contribution in [3.05, 3.63) is 106 Å². The Balaban J connectivity index is 1.64. The van der Waals surface area contributed by atoms with E-state index in [9.17, 15) is 9.59 Å². The molecule has 5 heteroatoms. The van der Waals surface area contributed by atoms with Crippen LogP contribution in [0.25, 0.3) is 0 Å². The summed E-state index contributed by atoms with van der Waals surface area (Å²) in [6.07, 6.45) is 1.54. The van der Waals surface area contributed by atoms with Crippen LogP contribution in [0.3, 0.4) is 0 Å². The first-order valence-electron chi connectivity index (χ1n) is 9.48. The van der Waals surface area contributed by atoms with E-state index in [0.29, 0.717) is 22.6 Å². The van der Waals surface area contributed by atoms with Gasteiger partial charge in [0, 0.05) is 5.02 Å². The van der Waals surface area contributed by atoms with Gasteiger partial charge in [-0.3, -0.25) is 9.59 Å². The average Bonchev–Trinajstić information content (AvgIpc) is 2.97. The van der Waals surface area contributed by atoms with Crippen molar-refractivity contribution >= 4 is 29.1 Å². The number of nitrogens with zero attached hydrogens (tertiary/aromatic N) is 2. The van der Waals surface area contributed by atoms with Crippen LogP contribution in [-0.2, 0) is 5.41 Å². The highest BCUT2D eigenvalue weighted by Crippen LogP contribution is 2.48. The molecule has 0 N–H and O–H groups in total. The second-order valence-electron chi connectivity index (χ2n) is 7.30. The Hall–Kier alpha value is -3.24. The molecule has 142 valence electrons. The van der Waals surface area contributed by atoms with Crippen molar-refractivity contribution in [2.45, 2.75) is 18.3 Å². The number of amides is 2. The second kappa shape index (κ2) is 6.68. The normalized spacial score (nSPS) is 22.0. The third-order valence-electron chi connectivity index (χ3n) is 5.81. The number of fused-ring (bicyclic) bond motifs is 1. The van der Waals surface area contributed by atoms with Crippen molar-refractivity contribution in [1.29, 1.82) is 0 Å². The standard InChI is InChI=1S/C24H17ClN2O2/c25-18-10-6-9-17(15-18)24(16-7-2-1-3-8-16)14-13-21(24)26-27-22(28)19-11-4-5-12-20(19)23(27)29/h1-12,15H,13-14H2/b26-21+. The number of halogens is 1. The molecule has 4 nitrogen and oxygen atoms in total. The van der Waals surface area contributed by atoms with Gasteiger partial charge in [0.05, 0.1) is 22.3 Å². The van der Waals surface area contributed by atoms with Crippen molar-refractivity contribution in [3.8, 4) is 0 Å². The van der Waals surface area contributed by atoms with Gasteiger partial charge in [0.25, 0.3) is 11.8 Å². The smallest absolute Gasteiger partial charge is 0.267 e. The Kier molecular flexibility index (Phi) is 4.10. The molecule has 3 aromatic rings. The van der Waals surface area contributed by atoms with E-state index < -0.39 is 5.41 Å². The van der Waals surface area contributed by atoms with Crippen LogP contribution in [0.4, 0.5) is 0 Å². The molecule has 1 aliphatic heterocycles. The summed E-state index contributed by atoms with van der Waals surface area (Å²) in [4.78, 5) is 25.6. The maximum Gasteiger partial charge on any atom is 0.282 e. The lowest BCUT2D eigenvalue weighted by atomic mass is 9.59. The molecule has 1 unspecified atom stereocenters. The molecule has 1 aliphatic carbocycles. The first kappa shape index (κ1) is 17.8. The molecule has 1 saturated carbocycles. The van der Waals surface area contributed by atoms with E-state index in [0.717, 1.165) is 28.3 Å². The zero-order valence-electron chi connectivity index (χ0n) is 15.5.